The van der Waals surface area contributed by atoms with Crippen LogP contribution in [-0.4, -0.2) is 39.9 Å². The third-order valence-corrected chi connectivity index (χ3v) is 6.66. The molecule has 1 saturated carbocycles. The number of hydrogen-bond acceptors (Lipinski definition) is 6. The Balaban J connectivity index is 2.03. The van der Waals surface area contributed by atoms with Crippen LogP contribution in [0.5, 0.6) is 11.5 Å². The Morgan fingerprint density at radius 2 is 2.14 bits per heavy atom. The van der Waals surface area contributed by atoms with Crippen molar-refractivity contribution in [1.29, 1.82) is 5.26 Å². The highest BCUT2D eigenvalue weighted by molar-refractivity contribution is 7.92. The van der Waals surface area contributed by atoms with Crippen LogP contribution in [0.15, 0.2) is 18.2 Å². The van der Waals surface area contributed by atoms with E-state index in [0.29, 0.717) is 11.5 Å². The lowest BCUT2D eigenvalue weighted by Crippen LogP contribution is -2.20. The fourth-order valence-electron chi connectivity index (χ4n) is 3.27. The SMILES string of the molecule is CCS(=O)(=O)[C@@H]1[C@H](c2ccc3c(c2)OCO3)[C@@]1(C#N)COC. The molecule has 0 unspecified atom stereocenters. The van der Waals surface area contributed by atoms with Gasteiger partial charge in [-0.15, -0.1) is 0 Å². The van der Waals surface area contributed by atoms with E-state index in [1.165, 1.54) is 7.11 Å². The summed E-state index contributed by atoms with van der Waals surface area (Å²) in [6.07, 6.45) is 0. The summed E-state index contributed by atoms with van der Waals surface area (Å²) in [7, 11) is -1.88. The Morgan fingerprint density at radius 1 is 1.41 bits per heavy atom. The zero-order chi connectivity index (χ0) is 16.0. The van der Waals surface area contributed by atoms with E-state index >= 15 is 0 Å². The van der Waals surface area contributed by atoms with E-state index in [0.717, 1.165) is 5.56 Å². The van der Waals surface area contributed by atoms with E-state index in [-0.39, 0.29) is 19.2 Å². The molecular formula is C15H17NO5S. The molecule has 1 aromatic carbocycles. The van der Waals surface area contributed by atoms with Gasteiger partial charge in [0.2, 0.25) is 6.79 Å². The zero-order valence-corrected chi connectivity index (χ0v) is 13.2. The molecule has 22 heavy (non-hydrogen) atoms. The maximum Gasteiger partial charge on any atom is 0.231 e. The first-order valence-electron chi connectivity index (χ1n) is 7.01. The molecule has 0 spiro atoms. The number of benzene rings is 1. The topological polar surface area (TPSA) is 85.6 Å². The number of hydrogen-bond donors (Lipinski definition) is 0. The van der Waals surface area contributed by atoms with Gasteiger partial charge in [-0.3, -0.25) is 0 Å². The Morgan fingerprint density at radius 3 is 2.77 bits per heavy atom. The van der Waals surface area contributed by atoms with Crippen molar-refractivity contribution in [2.45, 2.75) is 18.1 Å². The van der Waals surface area contributed by atoms with Gasteiger partial charge < -0.3 is 14.2 Å². The Kier molecular flexibility index (Phi) is 3.54. The summed E-state index contributed by atoms with van der Waals surface area (Å²) >= 11 is 0. The lowest BCUT2D eigenvalue weighted by molar-refractivity contribution is 0.162. The van der Waals surface area contributed by atoms with Gasteiger partial charge in [-0.2, -0.15) is 5.26 Å². The predicted octanol–water partition coefficient (Wildman–Crippen LogP) is 1.47. The monoisotopic (exact) mass is 323 g/mol. The first-order chi connectivity index (χ1) is 10.5. The second-order valence-corrected chi connectivity index (χ2v) is 7.96. The summed E-state index contributed by atoms with van der Waals surface area (Å²) in [5.74, 6) is 0.818. The Labute approximate surface area is 129 Å². The van der Waals surface area contributed by atoms with Crippen LogP contribution in [0.1, 0.15) is 18.4 Å². The van der Waals surface area contributed by atoms with Crippen molar-refractivity contribution in [2.24, 2.45) is 5.41 Å². The molecule has 6 nitrogen and oxygen atoms in total. The van der Waals surface area contributed by atoms with Crippen LogP contribution in [0.4, 0.5) is 0 Å². The van der Waals surface area contributed by atoms with Crippen LogP contribution in [0.3, 0.4) is 0 Å². The first kappa shape index (κ1) is 15.1. The molecule has 118 valence electrons. The summed E-state index contributed by atoms with van der Waals surface area (Å²) in [6.45, 7) is 1.84. The second-order valence-electron chi connectivity index (χ2n) is 5.55. The Bertz CT molecular complexity index is 739. The number of sulfone groups is 1. The summed E-state index contributed by atoms with van der Waals surface area (Å²) in [5.41, 5.74) is -0.262. The smallest absolute Gasteiger partial charge is 0.231 e. The van der Waals surface area contributed by atoms with Crippen LogP contribution >= 0.6 is 0 Å². The number of rotatable bonds is 5. The maximum absolute atomic E-state index is 12.4. The van der Waals surface area contributed by atoms with Crippen molar-refractivity contribution in [3.05, 3.63) is 23.8 Å². The molecule has 3 atom stereocenters. The van der Waals surface area contributed by atoms with Crippen molar-refractivity contribution >= 4 is 9.84 Å². The number of nitrogens with zero attached hydrogens (tertiary/aromatic N) is 1. The van der Waals surface area contributed by atoms with Gasteiger partial charge in [0, 0.05) is 18.8 Å². The largest absolute Gasteiger partial charge is 0.454 e. The van der Waals surface area contributed by atoms with Crippen LogP contribution in [0.25, 0.3) is 0 Å². The molecule has 3 rings (SSSR count). The van der Waals surface area contributed by atoms with Crippen LogP contribution in [0, 0.1) is 16.7 Å². The van der Waals surface area contributed by atoms with E-state index in [1.807, 2.05) is 0 Å². The highest BCUT2D eigenvalue weighted by atomic mass is 32.2. The molecule has 1 aliphatic heterocycles. The van der Waals surface area contributed by atoms with Crippen molar-refractivity contribution < 1.29 is 22.6 Å². The van der Waals surface area contributed by atoms with Crippen LogP contribution in [-0.2, 0) is 14.6 Å². The molecule has 0 saturated heterocycles. The molecule has 0 aromatic heterocycles. The zero-order valence-electron chi connectivity index (χ0n) is 12.4. The molecule has 0 amide bonds. The standard InChI is InChI=1S/C15H17NO5S/c1-3-22(17,18)14-13(15(14,7-16)8-19-2)10-4-5-11-12(6-10)21-9-20-11/h4-6,13-14H,3,8-9H2,1-2H3/t13-,14+,15+/m0/s1. The van der Waals surface area contributed by atoms with Gasteiger partial charge in [0.15, 0.2) is 21.3 Å². The van der Waals surface area contributed by atoms with E-state index in [4.69, 9.17) is 14.2 Å². The van der Waals surface area contributed by atoms with Gasteiger partial charge in [0.25, 0.3) is 0 Å². The minimum Gasteiger partial charge on any atom is -0.454 e. The van der Waals surface area contributed by atoms with Crippen molar-refractivity contribution in [3.8, 4) is 17.6 Å². The lowest BCUT2D eigenvalue weighted by Gasteiger charge is -2.07. The maximum atomic E-state index is 12.4. The van der Waals surface area contributed by atoms with E-state index < -0.39 is 26.4 Å². The molecule has 1 aromatic rings. The van der Waals surface area contributed by atoms with Crippen molar-refractivity contribution in [3.63, 3.8) is 0 Å². The van der Waals surface area contributed by atoms with E-state index in [1.54, 1.807) is 25.1 Å². The lowest BCUT2D eigenvalue weighted by atomic mass is 10.0. The molecular weight excluding hydrogens is 306 g/mol. The minimum atomic E-state index is -3.35. The van der Waals surface area contributed by atoms with E-state index in [2.05, 4.69) is 6.07 Å². The molecule has 0 radical (unpaired) electrons. The second kappa shape index (κ2) is 5.14. The van der Waals surface area contributed by atoms with Gasteiger partial charge in [-0.1, -0.05) is 13.0 Å². The van der Waals surface area contributed by atoms with Crippen LogP contribution in [0.2, 0.25) is 0 Å². The number of ether oxygens (including phenoxy) is 3. The fraction of sp³-hybridized carbons (Fsp3) is 0.533. The highest BCUT2D eigenvalue weighted by Gasteiger charge is 2.71. The van der Waals surface area contributed by atoms with Gasteiger partial charge in [-0.25, -0.2) is 8.42 Å². The highest BCUT2D eigenvalue weighted by Crippen LogP contribution is 2.63. The summed E-state index contributed by atoms with van der Waals surface area (Å²) in [4.78, 5) is 0. The molecule has 1 fully saturated rings. The van der Waals surface area contributed by atoms with E-state index in [9.17, 15) is 13.7 Å². The van der Waals surface area contributed by atoms with Gasteiger partial charge >= 0.3 is 0 Å². The van der Waals surface area contributed by atoms with Gasteiger partial charge in [-0.05, 0) is 17.7 Å². The molecule has 0 N–H and O–H groups in total. The third-order valence-electron chi connectivity index (χ3n) is 4.39. The third kappa shape index (κ3) is 2.06. The predicted molar refractivity (Wildman–Crippen MR) is 78.5 cm³/mol. The van der Waals surface area contributed by atoms with Crippen molar-refractivity contribution in [1.82, 2.24) is 0 Å². The van der Waals surface area contributed by atoms with Gasteiger partial charge in [0.1, 0.15) is 5.41 Å². The molecule has 7 heteroatoms. The average molecular weight is 323 g/mol. The Hall–Kier alpha value is -1.78. The fourth-order valence-corrected chi connectivity index (χ4v) is 5.27. The number of methoxy groups -OCH3 is 1. The van der Waals surface area contributed by atoms with Crippen LogP contribution < -0.4 is 9.47 Å². The molecule has 1 aliphatic carbocycles. The quantitative estimate of drug-likeness (QED) is 0.816. The summed E-state index contributed by atoms with van der Waals surface area (Å²) in [6, 6.07) is 7.50. The molecule has 2 aliphatic rings. The first-order valence-corrected chi connectivity index (χ1v) is 8.73. The molecule has 0 bridgehead atoms. The summed E-state index contributed by atoms with van der Waals surface area (Å²) in [5, 5.41) is 8.85. The average Bonchev–Trinajstić information content (AvgIpc) is 2.96. The molecule has 1 heterocycles. The normalized spacial score (nSPS) is 29.1. The number of nitriles is 1. The summed E-state index contributed by atoms with van der Waals surface area (Å²) < 4.78 is 40.5. The van der Waals surface area contributed by atoms with Gasteiger partial charge in [0.05, 0.1) is 17.9 Å². The minimum absolute atomic E-state index is 0.00582. The van der Waals surface area contributed by atoms with Crippen molar-refractivity contribution in [2.75, 3.05) is 26.3 Å². The number of fused-ring (bicyclic) bond motifs is 1.